The first-order chi connectivity index (χ1) is 8.95. The van der Waals surface area contributed by atoms with Crippen LogP contribution in [0.3, 0.4) is 0 Å². The van der Waals surface area contributed by atoms with Crippen LogP contribution in [0, 0.1) is 5.92 Å². The van der Waals surface area contributed by atoms with Gasteiger partial charge in [0, 0.05) is 6.54 Å². The summed E-state index contributed by atoms with van der Waals surface area (Å²) in [6, 6.07) is 7.02. The molecular weight excluding hydrogens is 260 g/mol. The van der Waals surface area contributed by atoms with Crippen LogP contribution in [0.1, 0.15) is 32.3 Å². The molecule has 0 heterocycles. The molecule has 0 saturated carbocycles. The van der Waals surface area contributed by atoms with Crippen molar-refractivity contribution >= 4 is 10.0 Å². The average molecular weight is 284 g/mol. The van der Waals surface area contributed by atoms with Gasteiger partial charge in [-0.05, 0) is 49.4 Å². The lowest BCUT2D eigenvalue weighted by Crippen LogP contribution is -2.25. The minimum absolute atomic E-state index is 0.327. The smallest absolute Gasteiger partial charge is 0.240 e. The summed E-state index contributed by atoms with van der Waals surface area (Å²) in [6.07, 6.45) is 2.64. The first-order valence-corrected chi connectivity index (χ1v) is 8.22. The molecule has 0 aliphatic carbocycles. The number of nitrogens with one attached hydrogen (secondary N) is 1. The molecule has 0 bridgehead atoms. The Morgan fingerprint density at radius 1 is 1.21 bits per heavy atom. The van der Waals surface area contributed by atoms with Crippen LogP contribution >= 0.6 is 0 Å². The van der Waals surface area contributed by atoms with Crippen LogP contribution in [-0.4, -0.2) is 21.5 Å². The van der Waals surface area contributed by atoms with Gasteiger partial charge in [-0.15, -0.1) is 0 Å². The van der Waals surface area contributed by atoms with Gasteiger partial charge in [0.05, 0.1) is 4.90 Å². The summed E-state index contributed by atoms with van der Waals surface area (Å²) in [5, 5.41) is 0. The maximum atomic E-state index is 12.0. The molecule has 0 amide bonds. The van der Waals surface area contributed by atoms with Gasteiger partial charge in [-0.25, -0.2) is 13.1 Å². The molecule has 4 nitrogen and oxygen atoms in total. The van der Waals surface area contributed by atoms with E-state index in [1.54, 1.807) is 12.1 Å². The molecule has 19 heavy (non-hydrogen) atoms. The minimum atomic E-state index is -3.37. The molecule has 0 aromatic heterocycles. The number of sulfonamides is 1. The first kappa shape index (κ1) is 16.1. The lowest BCUT2D eigenvalue weighted by atomic mass is 10.1. The number of aryl methyl sites for hydroxylation is 1. The van der Waals surface area contributed by atoms with Crippen LogP contribution in [0.5, 0.6) is 0 Å². The average Bonchev–Trinajstić information content (AvgIpc) is 2.36. The van der Waals surface area contributed by atoms with E-state index in [-0.39, 0.29) is 0 Å². The monoisotopic (exact) mass is 284 g/mol. The Morgan fingerprint density at radius 3 is 2.37 bits per heavy atom. The van der Waals surface area contributed by atoms with E-state index in [1.165, 1.54) is 0 Å². The van der Waals surface area contributed by atoms with Crippen molar-refractivity contribution in [2.24, 2.45) is 11.7 Å². The number of benzene rings is 1. The van der Waals surface area contributed by atoms with Gasteiger partial charge in [-0.3, -0.25) is 0 Å². The van der Waals surface area contributed by atoms with Crippen molar-refractivity contribution in [2.45, 2.75) is 38.0 Å². The van der Waals surface area contributed by atoms with E-state index in [9.17, 15) is 8.42 Å². The van der Waals surface area contributed by atoms with Crippen LogP contribution in [0.15, 0.2) is 29.2 Å². The van der Waals surface area contributed by atoms with Crippen LogP contribution in [0.4, 0.5) is 0 Å². The SMILES string of the molecule is CC(C)CCNS(=O)(=O)c1ccc(CCCN)cc1. The number of nitrogens with two attached hydrogens (primary N) is 1. The van der Waals surface area contributed by atoms with Gasteiger partial charge in [-0.2, -0.15) is 0 Å². The van der Waals surface area contributed by atoms with Gasteiger partial charge in [0.2, 0.25) is 10.0 Å². The zero-order valence-corrected chi connectivity index (χ0v) is 12.5. The molecule has 0 fully saturated rings. The van der Waals surface area contributed by atoms with E-state index in [1.807, 2.05) is 12.1 Å². The van der Waals surface area contributed by atoms with Crippen molar-refractivity contribution < 1.29 is 8.42 Å². The van der Waals surface area contributed by atoms with Crippen LogP contribution in [0.25, 0.3) is 0 Å². The highest BCUT2D eigenvalue weighted by Crippen LogP contribution is 2.12. The highest BCUT2D eigenvalue weighted by molar-refractivity contribution is 7.89. The second kappa shape index (κ2) is 7.62. The molecule has 5 heteroatoms. The van der Waals surface area contributed by atoms with Crippen molar-refractivity contribution in [3.05, 3.63) is 29.8 Å². The maximum absolute atomic E-state index is 12.0. The van der Waals surface area contributed by atoms with Crippen molar-refractivity contribution in [1.29, 1.82) is 0 Å². The van der Waals surface area contributed by atoms with Crippen molar-refractivity contribution in [1.82, 2.24) is 4.72 Å². The van der Waals surface area contributed by atoms with Gasteiger partial charge in [0.25, 0.3) is 0 Å². The van der Waals surface area contributed by atoms with Gasteiger partial charge < -0.3 is 5.73 Å². The highest BCUT2D eigenvalue weighted by Gasteiger charge is 2.13. The van der Waals surface area contributed by atoms with E-state index in [2.05, 4.69) is 18.6 Å². The zero-order valence-electron chi connectivity index (χ0n) is 11.7. The van der Waals surface area contributed by atoms with E-state index in [0.717, 1.165) is 24.8 Å². The summed E-state index contributed by atoms with van der Waals surface area (Å²) >= 11 is 0. The highest BCUT2D eigenvalue weighted by atomic mass is 32.2. The Morgan fingerprint density at radius 2 is 1.84 bits per heavy atom. The Hall–Kier alpha value is -0.910. The van der Waals surface area contributed by atoms with Crippen molar-refractivity contribution in [3.8, 4) is 0 Å². The van der Waals surface area contributed by atoms with Crippen LogP contribution < -0.4 is 10.5 Å². The minimum Gasteiger partial charge on any atom is -0.330 e. The lowest BCUT2D eigenvalue weighted by molar-refractivity contribution is 0.551. The van der Waals surface area contributed by atoms with E-state index in [4.69, 9.17) is 5.73 Å². The number of rotatable bonds is 8. The summed E-state index contributed by atoms with van der Waals surface area (Å²) in [7, 11) is -3.37. The molecule has 0 aliphatic heterocycles. The molecule has 108 valence electrons. The molecule has 0 unspecified atom stereocenters. The molecule has 0 radical (unpaired) electrons. The van der Waals surface area contributed by atoms with Crippen molar-refractivity contribution in [3.63, 3.8) is 0 Å². The molecule has 0 saturated heterocycles. The van der Waals surface area contributed by atoms with Gasteiger partial charge in [0.1, 0.15) is 0 Å². The molecule has 3 N–H and O–H groups in total. The standard InChI is InChI=1S/C14H24N2O2S/c1-12(2)9-11-16-19(17,18)14-7-5-13(6-8-14)4-3-10-15/h5-8,12,16H,3-4,9-11,15H2,1-2H3. The molecule has 0 spiro atoms. The van der Waals surface area contributed by atoms with Crippen molar-refractivity contribution in [2.75, 3.05) is 13.1 Å². The summed E-state index contributed by atoms with van der Waals surface area (Å²) < 4.78 is 26.6. The van der Waals surface area contributed by atoms with Gasteiger partial charge in [0.15, 0.2) is 0 Å². The third kappa shape index (κ3) is 5.72. The maximum Gasteiger partial charge on any atom is 0.240 e. The second-order valence-electron chi connectivity index (χ2n) is 5.12. The van der Waals surface area contributed by atoms with E-state index >= 15 is 0 Å². The fourth-order valence-corrected chi connectivity index (χ4v) is 2.75. The third-order valence-corrected chi connectivity index (χ3v) is 4.39. The fraction of sp³-hybridized carbons (Fsp3) is 0.571. The normalized spacial score (nSPS) is 12.0. The Bertz CT molecular complexity index is 467. The first-order valence-electron chi connectivity index (χ1n) is 6.74. The molecule has 1 aromatic rings. The Balaban J connectivity index is 2.63. The summed E-state index contributed by atoms with van der Waals surface area (Å²) in [6.45, 7) is 5.27. The summed E-state index contributed by atoms with van der Waals surface area (Å²) in [5.74, 6) is 0.487. The molecule has 1 aromatic carbocycles. The van der Waals surface area contributed by atoms with E-state index < -0.39 is 10.0 Å². The predicted octanol–water partition coefficient (Wildman–Crippen LogP) is 1.90. The van der Waals surface area contributed by atoms with Crippen LogP contribution in [-0.2, 0) is 16.4 Å². The zero-order chi connectivity index (χ0) is 14.3. The third-order valence-electron chi connectivity index (χ3n) is 2.92. The second-order valence-corrected chi connectivity index (χ2v) is 6.88. The summed E-state index contributed by atoms with van der Waals surface area (Å²) in [4.78, 5) is 0.327. The van der Waals surface area contributed by atoms with Gasteiger partial charge >= 0.3 is 0 Å². The largest absolute Gasteiger partial charge is 0.330 e. The topological polar surface area (TPSA) is 72.2 Å². The molecule has 0 atom stereocenters. The molecular formula is C14H24N2O2S. The predicted molar refractivity (Wildman–Crippen MR) is 78.5 cm³/mol. The Labute approximate surface area is 116 Å². The molecule has 1 rings (SSSR count). The number of hydrogen-bond donors (Lipinski definition) is 2. The Kier molecular flexibility index (Phi) is 6.48. The lowest BCUT2D eigenvalue weighted by Gasteiger charge is -2.09. The number of hydrogen-bond acceptors (Lipinski definition) is 3. The fourth-order valence-electron chi connectivity index (χ4n) is 1.71. The van der Waals surface area contributed by atoms with Gasteiger partial charge in [-0.1, -0.05) is 26.0 Å². The van der Waals surface area contributed by atoms with Crippen LogP contribution in [0.2, 0.25) is 0 Å². The quantitative estimate of drug-likeness (QED) is 0.766. The summed E-state index contributed by atoms with van der Waals surface area (Å²) in [5.41, 5.74) is 6.57. The molecule has 0 aliphatic rings. The van der Waals surface area contributed by atoms with E-state index in [0.29, 0.717) is 23.9 Å².